The van der Waals surface area contributed by atoms with Crippen LogP contribution in [0.1, 0.15) is 25.7 Å². The van der Waals surface area contributed by atoms with Crippen LogP contribution in [0.25, 0.3) is 0 Å². The summed E-state index contributed by atoms with van der Waals surface area (Å²) in [6.07, 6.45) is 3.92. The van der Waals surface area contributed by atoms with Crippen molar-refractivity contribution in [2.75, 3.05) is 26.2 Å². The number of likely N-dealkylation sites (tertiary alicyclic amines) is 1. The van der Waals surface area contributed by atoms with Crippen LogP contribution < -0.4 is 10.6 Å². The van der Waals surface area contributed by atoms with Crippen molar-refractivity contribution in [3.8, 4) is 0 Å². The molecule has 1 aliphatic carbocycles. The maximum atomic E-state index is 12.0. The second-order valence-corrected chi connectivity index (χ2v) is 5.74. The summed E-state index contributed by atoms with van der Waals surface area (Å²) in [5.74, 6) is 0.997. The van der Waals surface area contributed by atoms with Crippen LogP contribution >= 0.6 is 0 Å². The van der Waals surface area contributed by atoms with E-state index in [-0.39, 0.29) is 23.8 Å². The molecule has 0 spiro atoms. The Labute approximate surface area is 107 Å². The number of nitrogens with one attached hydrogen (secondary N) is 2. The predicted molar refractivity (Wildman–Crippen MR) is 66.8 cm³/mol. The van der Waals surface area contributed by atoms with Crippen LogP contribution in [-0.4, -0.2) is 48.9 Å². The van der Waals surface area contributed by atoms with Gasteiger partial charge in [-0.25, -0.2) is 0 Å². The summed E-state index contributed by atoms with van der Waals surface area (Å²) in [4.78, 5) is 25.6. The third-order valence-electron chi connectivity index (χ3n) is 4.23. The quantitative estimate of drug-likeness (QED) is 0.725. The van der Waals surface area contributed by atoms with Gasteiger partial charge in [0.25, 0.3) is 0 Å². The van der Waals surface area contributed by atoms with Crippen LogP contribution in [0, 0.1) is 11.8 Å². The van der Waals surface area contributed by atoms with Crippen molar-refractivity contribution in [2.45, 2.75) is 31.7 Å². The van der Waals surface area contributed by atoms with Gasteiger partial charge in [0.05, 0.1) is 5.92 Å². The summed E-state index contributed by atoms with van der Waals surface area (Å²) in [5.41, 5.74) is 0. The lowest BCUT2D eigenvalue weighted by Crippen LogP contribution is -2.55. The monoisotopic (exact) mass is 251 g/mol. The fourth-order valence-corrected chi connectivity index (χ4v) is 2.63. The second-order valence-electron chi connectivity index (χ2n) is 5.74. The molecule has 100 valence electrons. The minimum absolute atomic E-state index is 0.197. The van der Waals surface area contributed by atoms with E-state index in [9.17, 15) is 9.59 Å². The molecule has 0 aromatic rings. The molecule has 5 nitrogen and oxygen atoms in total. The third-order valence-corrected chi connectivity index (χ3v) is 4.23. The first kappa shape index (κ1) is 12.0. The van der Waals surface area contributed by atoms with E-state index in [4.69, 9.17) is 0 Å². The first-order chi connectivity index (χ1) is 8.74. The Hall–Kier alpha value is -1.10. The number of rotatable bonds is 3. The number of hydrogen-bond donors (Lipinski definition) is 2. The molecule has 3 aliphatic rings. The lowest BCUT2D eigenvalue weighted by atomic mass is 9.98. The fourth-order valence-electron chi connectivity index (χ4n) is 2.63. The summed E-state index contributed by atoms with van der Waals surface area (Å²) in [6.45, 7) is 3.25. The fraction of sp³-hybridized carbons (Fsp3) is 0.846. The van der Waals surface area contributed by atoms with Gasteiger partial charge in [-0.15, -0.1) is 0 Å². The van der Waals surface area contributed by atoms with E-state index in [1.807, 2.05) is 4.90 Å². The molecule has 0 aromatic heterocycles. The van der Waals surface area contributed by atoms with E-state index >= 15 is 0 Å². The Morgan fingerprint density at radius 1 is 1.00 bits per heavy atom. The van der Waals surface area contributed by atoms with Gasteiger partial charge in [-0.2, -0.15) is 0 Å². The van der Waals surface area contributed by atoms with Crippen molar-refractivity contribution in [1.29, 1.82) is 0 Å². The van der Waals surface area contributed by atoms with Gasteiger partial charge >= 0.3 is 0 Å². The molecule has 2 amide bonds. The molecule has 0 unspecified atom stereocenters. The number of piperidine rings is 1. The van der Waals surface area contributed by atoms with E-state index in [0.717, 1.165) is 51.9 Å². The van der Waals surface area contributed by atoms with Crippen molar-refractivity contribution < 1.29 is 9.59 Å². The molecule has 2 aliphatic heterocycles. The molecular weight excluding hydrogens is 230 g/mol. The zero-order chi connectivity index (χ0) is 12.5. The van der Waals surface area contributed by atoms with E-state index in [1.165, 1.54) is 0 Å². The molecule has 0 bridgehead atoms. The Morgan fingerprint density at radius 2 is 1.67 bits per heavy atom. The minimum Gasteiger partial charge on any atom is -0.353 e. The Kier molecular flexibility index (Phi) is 3.24. The summed E-state index contributed by atoms with van der Waals surface area (Å²) >= 11 is 0. The number of amides is 2. The topological polar surface area (TPSA) is 61.4 Å². The van der Waals surface area contributed by atoms with E-state index in [2.05, 4.69) is 10.6 Å². The van der Waals surface area contributed by atoms with Gasteiger partial charge in [0.2, 0.25) is 11.8 Å². The SMILES string of the molecule is O=C(NC1CCN(C(=O)C2CNC2)CC1)C1CC1. The average molecular weight is 251 g/mol. The van der Waals surface area contributed by atoms with Crippen molar-refractivity contribution in [3.63, 3.8) is 0 Å². The lowest BCUT2D eigenvalue weighted by Gasteiger charge is -2.37. The van der Waals surface area contributed by atoms with Crippen molar-refractivity contribution in [3.05, 3.63) is 0 Å². The predicted octanol–water partition coefficient (Wildman–Crippen LogP) is -0.277. The molecule has 5 heteroatoms. The van der Waals surface area contributed by atoms with Crippen molar-refractivity contribution in [2.24, 2.45) is 11.8 Å². The van der Waals surface area contributed by atoms with E-state index in [1.54, 1.807) is 0 Å². The highest BCUT2D eigenvalue weighted by atomic mass is 16.2. The standard InChI is InChI=1S/C13H21N3O2/c17-12(9-1-2-9)15-11-3-5-16(6-4-11)13(18)10-7-14-8-10/h9-11,14H,1-8H2,(H,15,17). The largest absolute Gasteiger partial charge is 0.353 e. The van der Waals surface area contributed by atoms with Crippen LogP contribution in [0.2, 0.25) is 0 Å². The van der Waals surface area contributed by atoms with Gasteiger partial charge in [-0.05, 0) is 25.7 Å². The number of carbonyl (C=O) groups is 2. The van der Waals surface area contributed by atoms with E-state index in [0.29, 0.717) is 5.91 Å². The van der Waals surface area contributed by atoms with Gasteiger partial charge in [-0.3, -0.25) is 9.59 Å². The smallest absolute Gasteiger partial charge is 0.228 e. The summed E-state index contributed by atoms with van der Waals surface area (Å²) in [7, 11) is 0. The van der Waals surface area contributed by atoms with Crippen LogP contribution in [0.15, 0.2) is 0 Å². The van der Waals surface area contributed by atoms with Crippen LogP contribution in [0.4, 0.5) is 0 Å². The number of carbonyl (C=O) groups excluding carboxylic acids is 2. The molecule has 0 aromatic carbocycles. The number of nitrogens with zero attached hydrogens (tertiary/aromatic N) is 1. The normalized spacial score (nSPS) is 25.7. The molecule has 18 heavy (non-hydrogen) atoms. The molecule has 2 N–H and O–H groups in total. The molecule has 0 radical (unpaired) electrons. The zero-order valence-electron chi connectivity index (χ0n) is 10.7. The Morgan fingerprint density at radius 3 is 2.17 bits per heavy atom. The van der Waals surface area contributed by atoms with Crippen LogP contribution in [-0.2, 0) is 9.59 Å². The highest BCUT2D eigenvalue weighted by Crippen LogP contribution is 2.29. The molecule has 2 saturated heterocycles. The van der Waals surface area contributed by atoms with E-state index < -0.39 is 0 Å². The molecule has 2 heterocycles. The molecule has 1 saturated carbocycles. The van der Waals surface area contributed by atoms with Gasteiger partial charge in [-0.1, -0.05) is 0 Å². The Bertz CT molecular complexity index is 342. The highest BCUT2D eigenvalue weighted by molar-refractivity contribution is 5.81. The first-order valence-corrected chi connectivity index (χ1v) is 7.04. The van der Waals surface area contributed by atoms with Crippen LogP contribution in [0.5, 0.6) is 0 Å². The zero-order valence-corrected chi connectivity index (χ0v) is 10.7. The van der Waals surface area contributed by atoms with Gasteiger partial charge < -0.3 is 15.5 Å². The lowest BCUT2D eigenvalue weighted by molar-refractivity contribution is -0.138. The van der Waals surface area contributed by atoms with Gasteiger partial charge in [0, 0.05) is 38.1 Å². The van der Waals surface area contributed by atoms with Gasteiger partial charge in [0.15, 0.2) is 0 Å². The van der Waals surface area contributed by atoms with Gasteiger partial charge in [0.1, 0.15) is 0 Å². The Balaban J connectivity index is 1.42. The summed E-state index contributed by atoms with van der Waals surface area (Å²) in [6, 6.07) is 0.279. The maximum absolute atomic E-state index is 12.0. The summed E-state index contributed by atoms with van der Waals surface area (Å²) < 4.78 is 0. The minimum atomic E-state index is 0.197. The maximum Gasteiger partial charge on any atom is 0.228 e. The molecule has 3 rings (SSSR count). The van der Waals surface area contributed by atoms with Crippen LogP contribution in [0.3, 0.4) is 0 Å². The highest BCUT2D eigenvalue weighted by Gasteiger charge is 2.34. The molecule has 0 atom stereocenters. The van der Waals surface area contributed by atoms with Crippen molar-refractivity contribution in [1.82, 2.24) is 15.5 Å². The first-order valence-electron chi connectivity index (χ1n) is 7.04. The third kappa shape index (κ3) is 2.51. The molecule has 3 fully saturated rings. The second kappa shape index (κ2) is 4.88. The van der Waals surface area contributed by atoms with Crippen molar-refractivity contribution >= 4 is 11.8 Å². The summed E-state index contributed by atoms with van der Waals surface area (Å²) in [5, 5.41) is 6.24. The average Bonchev–Trinajstić information content (AvgIpc) is 3.11. The molecular formula is C13H21N3O2. The number of hydrogen-bond acceptors (Lipinski definition) is 3.